The Morgan fingerprint density at radius 1 is 0.278 bits per heavy atom. The van der Waals surface area contributed by atoms with Gasteiger partial charge < -0.3 is 13.7 Å². The highest BCUT2D eigenvalue weighted by Crippen LogP contribution is 2.59. The molecule has 3 nitrogen and oxygen atoms in total. The molecule has 12 aromatic carbocycles. The van der Waals surface area contributed by atoms with Gasteiger partial charge in [-0.25, -0.2) is 0 Å². The van der Waals surface area contributed by atoms with Gasteiger partial charge in [-0.05, 0) is 116 Å². The summed E-state index contributed by atoms with van der Waals surface area (Å²) in [5.74, 6) is 0. The Kier molecular flexibility index (Phi) is 11.5. The van der Waals surface area contributed by atoms with E-state index in [0.717, 1.165) is 72.1 Å². The van der Waals surface area contributed by atoms with Crippen molar-refractivity contribution in [3.05, 3.63) is 341 Å². The first-order valence-electron chi connectivity index (χ1n) is 26.6. The first kappa shape index (κ1) is 47.8. The van der Waals surface area contributed by atoms with Gasteiger partial charge in [0.1, 0.15) is 22.3 Å². The van der Waals surface area contributed by atoms with Crippen LogP contribution in [0.25, 0.3) is 66.1 Å². The zero-order valence-electron chi connectivity index (χ0n) is 42.4. The fourth-order valence-corrected chi connectivity index (χ4v) is 13.4. The van der Waals surface area contributed by atoms with Gasteiger partial charge in [0.05, 0.1) is 10.8 Å². The topological polar surface area (TPSA) is 29.5 Å². The van der Waals surface area contributed by atoms with Gasteiger partial charge in [-0.1, -0.05) is 250 Å². The first-order chi connectivity index (χ1) is 38.6. The average molecular weight is 1030 g/mol. The molecule has 0 unspecified atom stereocenters. The molecule has 0 atom stereocenters. The minimum atomic E-state index is -0.523. The number of anilines is 3. The smallest absolute Gasteiger partial charge is 0.140 e. The van der Waals surface area contributed by atoms with Crippen molar-refractivity contribution in [2.24, 2.45) is 0 Å². The van der Waals surface area contributed by atoms with Gasteiger partial charge in [0.15, 0.2) is 0 Å². The second-order valence-electron chi connectivity index (χ2n) is 20.3. The third-order valence-corrected chi connectivity index (χ3v) is 16.6. The van der Waals surface area contributed by atoms with Crippen molar-refractivity contribution in [1.82, 2.24) is 0 Å². The maximum absolute atomic E-state index is 6.90. The molecule has 0 fully saturated rings. The highest BCUT2D eigenvalue weighted by molar-refractivity contribution is 6.31. The van der Waals surface area contributed by atoms with E-state index in [9.17, 15) is 0 Å². The Labute approximate surface area is 464 Å². The van der Waals surface area contributed by atoms with Crippen LogP contribution in [0.4, 0.5) is 17.1 Å². The van der Waals surface area contributed by atoms with E-state index in [1.54, 1.807) is 0 Å². The third-order valence-electron chi connectivity index (χ3n) is 16.4. The van der Waals surface area contributed by atoms with Crippen LogP contribution in [0, 0.1) is 0 Å². The van der Waals surface area contributed by atoms with Crippen LogP contribution in [0.5, 0.6) is 0 Å². The predicted octanol–water partition coefficient (Wildman–Crippen LogP) is 20.7. The normalized spacial score (nSPS) is 13.2. The third kappa shape index (κ3) is 7.20. The molecule has 0 bridgehead atoms. The van der Waals surface area contributed by atoms with E-state index in [-0.39, 0.29) is 7.43 Å². The molecule has 0 saturated heterocycles. The van der Waals surface area contributed by atoms with E-state index in [1.807, 2.05) is 18.2 Å². The van der Waals surface area contributed by atoms with Crippen molar-refractivity contribution >= 4 is 72.5 Å². The molecule has 2 aliphatic rings. The van der Waals surface area contributed by atoms with E-state index >= 15 is 0 Å². The van der Waals surface area contributed by atoms with Gasteiger partial charge >= 0.3 is 0 Å². The molecule has 2 aliphatic carbocycles. The Hall–Kier alpha value is -9.67. The standard InChI is InChI=1S/C43H29NO.C31H19ClO.CH4/c1-4-15-30(16-5-1)43(38-24-12-10-21-34(38)35-22-11-13-25-39(35)43)40-26-14-23-36-37-29-33(27-28-41(37)45-42(36)40)44(31-17-6-2-7-18-31)32-19-8-3-9-20-32;32-21-17-18-29-25(19-21)24-13-8-16-28(30(24)33-29)31(20-9-2-1-3-10-20)26-14-6-4-11-22(26)23-12-5-7-15-27(23)31;/h1-29H;1-19H;1H4. The van der Waals surface area contributed by atoms with Gasteiger partial charge in [0.25, 0.3) is 0 Å². The van der Waals surface area contributed by atoms with E-state index in [2.05, 4.69) is 278 Å². The van der Waals surface area contributed by atoms with Crippen molar-refractivity contribution < 1.29 is 8.83 Å². The van der Waals surface area contributed by atoms with Gasteiger partial charge in [-0.15, -0.1) is 0 Å². The highest BCUT2D eigenvalue weighted by atomic mass is 35.5. The van der Waals surface area contributed by atoms with Crippen molar-refractivity contribution in [1.29, 1.82) is 0 Å². The zero-order valence-corrected chi connectivity index (χ0v) is 43.1. The van der Waals surface area contributed by atoms with Gasteiger partial charge in [0.2, 0.25) is 0 Å². The number of benzene rings is 12. The van der Waals surface area contributed by atoms with Gasteiger partial charge in [0, 0.05) is 54.8 Å². The van der Waals surface area contributed by atoms with Crippen LogP contribution in [0.2, 0.25) is 5.02 Å². The maximum atomic E-state index is 6.90. The molecule has 0 aliphatic heterocycles. The van der Waals surface area contributed by atoms with E-state index in [1.165, 1.54) is 55.6 Å². The van der Waals surface area contributed by atoms with Crippen LogP contribution in [0.3, 0.4) is 0 Å². The molecule has 14 aromatic rings. The average Bonchev–Trinajstić information content (AvgIpc) is 4.37. The summed E-state index contributed by atoms with van der Waals surface area (Å²) >= 11 is 6.36. The molecule has 2 heterocycles. The van der Waals surface area contributed by atoms with Gasteiger partial charge in [-0.2, -0.15) is 0 Å². The number of rotatable bonds is 7. The van der Waals surface area contributed by atoms with Crippen LogP contribution in [-0.4, -0.2) is 0 Å². The molecular formula is C75H52ClNO2. The lowest BCUT2D eigenvalue weighted by molar-refractivity contribution is 0.648. The number of nitrogens with zero attached hydrogens (tertiary/aromatic N) is 1. The summed E-state index contributed by atoms with van der Waals surface area (Å²) < 4.78 is 13.5. The van der Waals surface area contributed by atoms with Crippen molar-refractivity contribution in [2.75, 3.05) is 4.90 Å². The number of halogens is 1. The molecule has 0 spiro atoms. The number of hydrogen-bond acceptors (Lipinski definition) is 3. The molecule has 2 aromatic heterocycles. The lowest BCUT2D eigenvalue weighted by atomic mass is 9.67. The fraction of sp³-hybridized carbons (Fsp3) is 0.0400. The number of furan rings is 2. The van der Waals surface area contributed by atoms with Crippen LogP contribution >= 0.6 is 11.6 Å². The molecule has 16 rings (SSSR count). The number of hydrogen-bond donors (Lipinski definition) is 0. The lowest BCUT2D eigenvalue weighted by Crippen LogP contribution is -2.28. The summed E-state index contributed by atoms with van der Waals surface area (Å²) in [6.07, 6.45) is 0. The Morgan fingerprint density at radius 3 is 1.04 bits per heavy atom. The summed E-state index contributed by atoms with van der Waals surface area (Å²) in [6.45, 7) is 0. The van der Waals surface area contributed by atoms with Crippen LogP contribution < -0.4 is 4.90 Å². The fourth-order valence-electron chi connectivity index (χ4n) is 13.2. The van der Waals surface area contributed by atoms with E-state index < -0.39 is 10.8 Å². The molecule has 0 saturated carbocycles. The van der Waals surface area contributed by atoms with Crippen LogP contribution in [0.1, 0.15) is 51.9 Å². The second-order valence-corrected chi connectivity index (χ2v) is 20.7. The molecule has 0 N–H and O–H groups in total. The summed E-state index contributed by atoms with van der Waals surface area (Å²) in [5.41, 5.74) is 20.8. The van der Waals surface area contributed by atoms with Crippen molar-refractivity contribution in [3.8, 4) is 22.3 Å². The van der Waals surface area contributed by atoms with E-state index in [4.69, 9.17) is 20.4 Å². The molecule has 0 radical (unpaired) electrons. The summed E-state index contributed by atoms with van der Waals surface area (Å²) in [5, 5.41) is 5.06. The predicted molar refractivity (Wildman–Crippen MR) is 328 cm³/mol. The summed E-state index contributed by atoms with van der Waals surface area (Å²) in [7, 11) is 0. The maximum Gasteiger partial charge on any atom is 0.140 e. The minimum absolute atomic E-state index is 0. The zero-order chi connectivity index (χ0) is 51.8. The highest BCUT2D eigenvalue weighted by Gasteiger charge is 2.49. The summed E-state index contributed by atoms with van der Waals surface area (Å²) in [4.78, 5) is 2.30. The quantitative estimate of drug-likeness (QED) is 0.159. The SMILES string of the molecule is C.Clc1ccc2oc3c(C4(c5ccccc5)c5ccccc5-c5ccccc54)cccc3c2c1.c1ccc(N(c2ccccc2)c2ccc3oc4c(C5(c6ccccc6)c6ccccc6-c6ccccc65)cccc4c3c2)cc1. The van der Waals surface area contributed by atoms with Crippen molar-refractivity contribution in [3.63, 3.8) is 0 Å². The van der Waals surface area contributed by atoms with Crippen LogP contribution in [0.15, 0.2) is 300 Å². The van der Waals surface area contributed by atoms with Gasteiger partial charge in [-0.3, -0.25) is 0 Å². The first-order valence-corrected chi connectivity index (χ1v) is 27.0. The molecule has 376 valence electrons. The van der Waals surface area contributed by atoms with Crippen LogP contribution in [-0.2, 0) is 10.8 Å². The van der Waals surface area contributed by atoms with Crippen molar-refractivity contribution in [2.45, 2.75) is 18.3 Å². The minimum Gasteiger partial charge on any atom is -0.456 e. The largest absolute Gasteiger partial charge is 0.456 e. The number of para-hydroxylation sites is 4. The molecule has 0 amide bonds. The van der Waals surface area contributed by atoms with E-state index in [0.29, 0.717) is 5.02 Å². The molecular weight excluding hydrogens is 982 g/mol. The Balaban J connectivity index is 0.000000148. The Morgan fingerprint density at radius 2 is 0.620 bits per heavy atom. The lowest BCUT2D eigenvalue weighted by Gasteiger charge is -2.33. The molecule has 79 heavy (non-hydrogen) atoms. The summed E-state index contributed by atoms with van der Waals surface area (Å²) in [6, 6.07) is 104. The monoisotopic (exact) mass is 1030 g/mol. The number of fused-ring (bicyclic) bond motifs is 12. The Bertz CT molecular complexity index is 4450. The molecule has 4 heteroatoms. The second kappa shape index (κ2) is 19.1.